The zero-order valence-electron chi connectivity index (χ0n) is 7.56. The van der Waals surface area contributed by atoms with E-state index < -0.39 is 0 Å². The van der Waals surface area contributed by atoms with Crippen molar-refractivity contribution in [2.75, 3.05) is 5.88 Å². The molecule has 2 atom stereocenters. The van der Waals surface area contributed by atoms with Crippen molar-refractivity contribution in [2.45, 2.75) is 19.3 Å². The van der Waals surface area contributed by atoms with Crippen LogP contribution in [0.25, 0.3) is 0 Å². The lowest BCUT2D eigenvalue weighted by Gasteiger charge is -2.02. The lowest BCUT2D eigenvalue weighted by Crippen LogP contribution is -1.91. The van der Waals surface area contributed by atoms with Gasteiger partial charge in [0.2, 0.25) is 0 Å². The molecule has 0 spiro atoms. The Morgan fingerprint density at radius 3 is 2.92 bits per heavy atom. The van der Waals surface area contributed by atoms with E-state index in [1.807, 2.05) is 13.0 Å². The molecule has 0 bridgehead atoms. The zero-order valence-corrected chi connectivity index (χ0v) is 8.31. The summed E-state index contributed by atoms with van der Waals surface area (Å²) in [6.07, 6.45) is 1.05. The van der Waals surface area contributed by atoms with Gasteiger partial charge in [-0.1, -0.05) is 17.7 Å². The van der Waals surface area contributed by atoms with Gasteiger partial charge in [-0.3, -0.25) is 0 Å². The van der Waals surface area contributed by atoms with E-state index in [0.717, 1.165) is 17.5 Å². The van der Waals surface area contributed by atoms with Gasteiger partial charge in [-0.15, -0.1) is 11.6 Å². The molecule has 70 valence electrons. The highest BCUT2D eigenvalue weighted by Gasteiger charge is 2.38. The van der Waals surface area contributed by atoms with Crippen molar-refractivity contribution < 1.29 is 4.39 Å². The molecule has 0 amide bonds. The molecule has 1 fully saturated rings. The maximum Gasteiger partial charge on any atom is 0.126 e. The van der Waals surface area contributed by atoms with Crippen LogP contribution in [0.2, 0.25) is 0 Å². The minimum atomic E-state index is -0.0804. The fourth-order valence-electron chi connectivity index (χ4n) is 1.75. The van der Waals surface area contributed by atoms with Crippen molar-refractivity contribution >= 4 is 11.6 Å². The molecular formula is C11H12ClF. The van der Waals surface area contributed by atoms with E-state index in [9.17, 15) is 4.39 Å². The van der Waals surface area contributed by atoms with Crippen molar-refractivity contribution in [2.24, 2.45) is 5.92 Å². The minimum Gasteiger partial charge on any atom is -0.207 e. The van der Waals surface area contributed by atoms with Crippen molar-refractivity contribution in [1.29, 1.82) is 0 Å². The van der Waals surface area contributed by atoms with Crippen LogP contribution in [0.4, 0.5) is 4.39 Å². The molecule has 0 aliphatic heterocycles. The van der Waals surface area contributed by atoms with E-state index in [1.165, 1.54) is 0 Å². The second-order valence-electron chi connectivity index (χ2n) is 3.78. The average molecular weight is 199 g/mol. The maximum atomic E-state index is 13.3. The van der Waals surface area contributed by atoms with Crippen molar-refractivity contribution in [3.63, 3.8) is 0 Å². The van der Waals surface area contributed by atoms with Gasteiger partial charge < -0.3 is 0 Å². The van der Waals surface area contributed by atoms with Gasteiger partial charge in [0.05, 0.1) is 0 Å². The molecule has 0 nitrogen and oxygen atoms in total. The third-order valence-electron chi connectivity index (χ3n) is 2.67. The molecule has 1 aliphatic rings. The summed E-state index contributed by atoms with van der Waals surface area (Å²) in [5, 5.41) is 0. The monoisotopic (exact) mass is 198 g/mol. The van der Waals surface area contributed by atoms with E-state index in [2.05, 4.69) is 0 Å². The number of alkyl halides is 1. The first-order chi connectivity index (χ1) is 6.22. The van der Waals surface area contributed by atoms with Gasteiger partial charge in [-0.05, 0) is 36.8 Å². The fourth-order valence-corrected chi connectivity index (χ4v) is 2.09. The largest absolute Gasteiger partial charge is 0.207 e. The predicted octanol–water partition coefficient (Wildman–Crippen LogP) is 3.48. The fraction of sp³-hybridized carbons (Fsp3) is 0.455. The molecule has 0 N–H and O–H groups in total. The van der Waals surface area contributed by atoms with E-state index in [4.69, 9.17) is 11.6 Å². The highest BCUT2D eigenvalue weighted by atomic mass is 35.5. The first-order valence-electron chi connectivity index (χ1n) is 4.54. The number of aryl methyl sites for hydroxylation is 1. The smallest absolute Gasteiger partial charge is 0.126 e. The Morgan fingerprint density at radius 2 is 2.31 bits per heavy atom. The molecule has 1 aliphatic carbocycles. The number of hydrogen-bond donors (Lipinski definition) is 0. The molecule has 1 saturated carbocycles. The van der Waals surface area contributed by atoms with Crippen LogP contribution in [-0.4, -0.2) is 5.88 Å². The standard InChI is InChI=1S/C11H12ClF/c1-7-2-3-11(13)10(4-7)9-5-8(9)6-12/h2-4,8-9H,5-6H2,1H3. The van der Waals surface area contributed by atoms with Gasteiger partial charge in [0.25, 0.3) is 0 Å². The van der Waals surface area contributed by atoms with Crippen molar-refractivity contribution in [3.8, 4) is 0 Å². The van der Waals surface area contributed by atoms with E-state index >= 15 is 0 Å². The molecule has 0 heterocycles. The normalized spacial score (nSPS) is 26.1. The molecule has 2 rings (SSSR count). The van der Waals surface area contributed by atoms with Crippen LogP contribution in [-0.2, 0) is 0 Å². The van der Waals surface area contributed by atoms with Crippen molar-refractivity contribution in [1.82, 2.24) is 0 Å². The summed E-state index contributed by atoms with van der Waals surface area (Å²) >= 11 is 5.71. The highest BCUT2D eigenvalue weighted by molar-refractivity contribution is 6.18. The second-order valence-corrected chi connectivity index (χ2v) is 4.09. The topological polar surface area (TPSA) is 0 Å². The SMILES string of the molecule is Cc1ccc(F)c(C2CC2CCl)c1. The second kappa shape index (κ2) is 3.30. The van der Waals surface area contributed by atoms with Crippen LogP contribution in [0.15, 0.2) is 18.2 Å². The number of rotatable bonds is 2. The summed E-state index contributed by atoms with van der Waals surface area (Å²) in [5.41, 5.74) is 1.97. The molecule has 0 aromatic heterocycles. The molecule has 2 unspecified atom stereocenters. The van der Waals surface area contributed by atoms with Crippen LogP contribution >= 0.6 is 11.6 Å². The zero-order chi connectivity index (χ0) is 9.42. The lowest BCUT2D eigenvalue weighted by molar-refractivity contribution is 0.607. The summed E-state index contributed by atoms with van der Waals surface area (Å²) < 4.78 is 13.3. The predicted molar refractivity (Wildman–Crippen MR) is 52.7 cm³/mol. The Morgan fingerprint density at radius 1 is 1.54 bits per heavy atom. The molecular weight excluding hydrogens is 187 g/mol. The number of hydrogen-bond acceptors (Lipinski definition) is 0. The van der Waals surface area contributed by atoms with Crippen LogP contribution in [0.3, 0.4) is 0 Å². The van der Waals surface area contributed by atoms with E-state index in [0.29, 0.717) is 17.7 Å². The van der Waals surface area contributed by atoms with Crippen LogP contribution in [0.1, 0.15) is 23.5 Å². The summed E-state index contributed by atoms with van der Waals surface area (Å²) in [6, 6.07) is 5.29. The van der Waals surface area contributed by atoms with Gasteiger partial charge in [-0.2, -0.15) is 0 Å². The van der Waals surface area contributed by atoms with Gasteiger partial charge >= 0.3 is 0 Å². The summed E-state index contributed by atoms with van der Waals surface area (Å²) in [4.78, 5) is 0. The summed E-state index contributed by atoms with van der Waals surface area (Å²) in [7, 11) is 0. The van der Waals surface area contributed by atoms with Crippen LogP contribution in [0.5, 0.6) is 0 Å². The third kappa shape index (κ3) is 1.71. The summed E-state index contributed by atoms with van der Waals surface area (Å²) in [5.74, 6) is 1.44. The first-order valence-corrected chi connectivity index (χ1v) is 5.08. The van der Waals surface area contributed by atoms with Gasteiger partial charge in [0.1, 0.15) is 5.82 Å². The molecule has 2 heteroatoms. The Hall–Kier alpha value is -0.560. The number of halogens is 2. The molecule has 13 heavy (non-hydrogen) atoms. The van der Waals surface area contributed by atoms with E-state index in [1.54, 1.807) is 12.1 Å². The van der Waals surface area contributed by atoms with Crippen LogP contribution in [0, 0.1) is 18.7 Å². The highest BCUT2D eigenvalue weighted by Crippen LogP contribution is 2.48. The Kier molecular flexibility index (Phi) is 2.29. The quantitative estimate of drug-likeness (QED) is 0.639. The first kappa shape index (κ1) is 9.01. The summed E-state index contributed by atoms with van der Waals surface area (Å²) in [6.45, 7) is 1.99. The maximum absolute atomic E-state index is 13.3. The van der Waals surface area contributed by atoms with Gasteiger partial charge in [0.15, 0.2) is 0 Å². The van der Waals surface area contributed by atoms with Gasteiger partial charge in [0, 0.05) is 5.88 Å². The molecule has 0 saturated heterocycles. The number of benzene rings is 1. The Labute approximate surface area is 82.7 Å². The van der Waals surface area contributed by atoms with Crippen LogP contribution < -0.4 is 0 Å². The van der Waals surface area contributed by atoms with Gasteiger partial charge in [-0.25, -0.2) is 4.39 Å². The Balaban J connectivity index is 2.25. The third-order valence-corrected chi connectivity index (χ3v) is 3.07. The minimum absolute atomic E-state index is 0.0804. The molecule has 0 radical (unpaired) electrons. The Bertz CT molecular complexity index is 322. The molecule has 1 aromatic carbocycles. The van der Waals surface area contributed by atoms with E-state index in [-0.39, 0.29) is 5.82 Å². The molecule has 1 aromatic rings. The van der Waals surface area contributed by atoms with Crippen molar-refractivity contribution in [3.05, 3.63) is 35.1 Å². The average Bonchev–Trinajstić information content (AvgIpc) is 2.88. The lowest BCUT2D eigenvalue weighted by atomic mass is 10.1.